The van der Waals surface area contributed by atoms with Crippen molar-refractivity contribution in [1.82, 2.24) is 20.1 Å². The van der Waals surface area contributed by atoms with E-state index in [0.29, 0.717) is 35.0 Å². The zero-order chi connectivity index (χ0) is 23.0. The lowest BCUT2D eigenvalue weighted by atomic mass is 9.96. The van der Waals surface area contributed by atoms with Crippen molar-refractivity contribution in [3.63, 3.8) is 0 Å². The Morgan fingerprint density at radius 3 is 2.58 bits per heavy atom. The number of hydrogen-bond acceptors (Lipinski definition) is 5. The Hall–Kier alpha value is -3.03. The second-order valence-electron chi connectivity index (χ2n) is 7.59. The fourth-order valence-electron chi connectivity index (χ4n) is 3.55. The van der Waals surface area contributed by atoms with Crippen molar-refractivity contribution in [2.75, 3.05) is 12.3 Å². The summed E-state index contributed by atoms with van der Waals surface area (Å²) in [6.45, 7) is 3.21. The molecule has 33 heavy (non-hydrogen) atoms. The lowest BCUT2D eigenvalue weighted by Gasteiger charge is -2.16. The second kappa shape index (κ2) is 11.2. The third-order valence-corrected chi connectivity index (χ3v) is 6.57. The van der Waals surface area contributed by atoms with Crippen molar-refractivity contribution in [3.05, 3.63) is 89.3 Å². The summed E-state index contributed by atoms with van der Waals surface area (Å²) in [5.41, 5.74) is 2.13. The van der Waals surface area contributed by atoms with E-state index >= 15 is 0 Å². The first-order chi connectivity index (χ1) is 16.1. The van der Waals surface area contributed by atoms with Gasteiger partial charge in [-0.05, 0) is 48.4 Å². The van der Waals surface area contributed by atoms with Gasteiger partial charge in [0.05, 0.1) is 18.6 Å². The van der Waals surface area contributed by atoms with Crippen LogP contribution in [0.15, 0.2) is 82.6 Å². The van der Waals surface area contributed by atoms with E-state index in [4.69, 9.17) is 16.0 Å². The van der Waals surface area contributed by atoms with Crippen LogP contribution in [0.1, 0.15) is 30.6 Å². The molecule has 0 aliphatic heterocycles. The molecule has 0 spiro atoms. The van der Waals surface area contributed by atoms with Crippen LogP contribution in [-0.4, -0.2) is 33.0 Å². The van der Waals surface area contributed by atoms with Crippen LogP contribution in [0.2, 0.25) is 5.02 Å². The largest absolute Gasteiger partial charge is 0.467 e. The third-order valence-electron chi connectivity index (χ3n) is 5.36. The zero-order valence-corrected chi connectivity index (χ0v) is 19.9. The summed E-state index contributed by atoms with van der Waals surface area (Å²) in [7, 11) is 0. The van der Waals surface area contributed by atoms with Crippen LogP contribution in [-0.2, 0) is 11.3 Å². The van der Waals surface area contributed by atoms with E-state index in [1.807, 2.05) is 59.2 Å². The molecule has 0 aliphatic carbocycles. The Morgan fingerprint density at radius 2 is 1.88 bits per heavy atom. The standard InChI is InChI=1S/C25H25ClN4O2S/c1-2-18(19-7-4-3-5-8-19)15-27-23(31)17-33-25-29-28-24(20-10-12-21(26)13-11-20)30(25)16-22-9-6-14-32-22/h3-14,18H,2,15-17H2,1H3,(H,27,31). The molecule has 6 nitrogen and oxygen atoms in total. The van der Waals surface area contributed by atoms with E-state index in [9.17, 15) is 4.79 Å². The maximum absolute atomic E-state index is 12.6. The molecule has 1 amide bonds. The average molecular weight is 481 g/mol. The summed E-state index contributed by atoms with van der Waals surface area (Å²) in [5, 5.41) is 13.1. The van der Waals surface area contributed by atoms with Crippen LogP contribution in [0.25, 0.3) is 11.4 Å². The zero-order valence-electron chi connectivity index (χ0n) is 18.3. The number of aromatic nitrogens is 3. The van der Waals surface area contributed by atoms with E-state index in [1.54, 1.807) is 6.26 Å². The molecule has 1 N–H and O–H groups in total. The van der Waals surface area contributed by atoms with Crippen LogP contribution < -0.4 is 5.32 Å². The number of carbonyl (C=O) groups is 1. The van der Waals surface area contributed by atoms with Crippen molar-refractivity contribution >= 4 is 29.3 Å². The molecule has 0 saturated carbocycles. The molecule has 0 radical (unpaired) electrons. The number of furan rings is 1. The maximum atomic E-state index is 12.6. The van der Waals surface area contributed by atoms with Gasteiger partial charge < -0.3 is 9.73 Å². The molecule has 0 fully saturated rings. The first-order valence-electron chi connectivity index (χ1n) is 10.8. The topological polar surface area (TPSA) is 73.0 Å². The number of nitrogens with zero attached hydrogens (tertiary/aromatic N) is 3. The number of benzene rings is 2. The summed E-state index contributed by atoms with van der Waals surface area (Å²) < 4.78 is 7.49. The van der Waals surface area contributed by atoms with Crippen LogP contribution in [0.5, 0.6) is 0 Å². The van der Waals surface area contributed by atoms with Crippen molar-refractivity contribution in [2.24, 2.45) is 0 Å². The Kier molecular flexibility index (Phi) is 7.86. The summed E-state index contributed by atoms with van der Waals surface area (Å²) in [4.78, 5) is 12.6. The van der Waals surface area contributed by atoms with E-state index in [2.05, 4.69) is 34.6 Å². The molecule has 1 atom stereocenters. The fraction of sp³-hybridized carbons (Fsp3) is 0.240. The Balaban J connectivity index is 1.43. The highest BCUT2D eigenvalue weighted by atomic mass is 35.5. The minimum Gasteiger partial charge on any atom is -0.467 e. The van der Waals surface area contributed by atoms with Crippen LogP contribution >= 0.6 is 23.4 Å². The van der Waals surface area contributed by atoms with Gasteiger partial charge in [0, 0.05) is 23.0 Å². The number of hydrogen-bond donors (Lipinski definition) is 1. The van der Waals surface area contributed by atoms with Gasteiger partial charge in [0.2, 0.25) is 5.91 Å². The summed E-state index contributed by atoms with van der Waals surface area (Å²) in [6.07, 6.45) is 2.60. The van der Waals surface area contributed by atoms with E-state index in [-0.39, 0.29) is 11.7 Å². The molecular weight excluding hydrogens is 456 g/mol. The number of carbonyl (C=O) groups excluding carboxylic acids is 1. The van der Waals surface area contributed by atoms with Gasteiger partial charge in [0.25, 0.3) is 0 Å². The van der Waals surface area contributed by atoms with Crippen molar-refractivity contribution < 1.29 is 9.21 Å². The predicted octanol–water partition coefficient (Wildman–Crippen LogP) is 5.64. The SMILES string of the molecule is CCC(CNC(=O)CSc1nnc(-c2ccc(Cl)cc2)n1Cc1ccco1)c1ccccc1. The monoisotopic (exact) mass is 480 g/mol. The molecule has 0 saturated heterocycles. The molecule has 170 valence electrons. The minimum atomic E-state index is -0.0324. The van der Waals surface area contributed by atoms with Crippen LogP contribution in [0.4, 0.5) is 0 Å². The summed E-state index contributed by atoms with van der Waals surface area (Å²) in [5.74, 6) is 1.99. The Bertz CT molecular complexity index is 1160. The van der Waals surface area contributed by atoms with Gasteiger partial charge in [-0.25, -0.2) is 0 Å². The highest BCUT2D eigenvalue weighted by Crippen LogP contribution is 2.26. The highest BCUT2D eigenvalue weighted by molar-refractivity contribution is 7.99. The normalized spacial score (nSPS) is 11.9. The first kappa shape index (κ1) is 23.1. The third kappa shape index (κ3) is 6.06. The van der Waals surface area contributed by atoms with Gasteiger partial charge in [0.15, 0.2) is 11.0 Å². The smallest absolute Gasteiger partial charge is 0.230 e. The van der Waals surface area contributed by atoms with Gasteiger partial charge in [-0.2, -0.15) is 0 Å². The molecular formula is C25H25ClN4O2S. The fourth-order valence-corrected chi connectivity index (χ4v) is 4.44. The molecule has 8 heteroatoms. The molecule has 2 aromatic carbocycles. The molecule has 4 aromatic rings. The number of halogens is 1. The van der Waals surface area contributed by atoms with Crippen LogP contribution in [0.3, 0.4) is 0 Å². The summed E-state index contributed by atoms with van der Waals surface area (Å²) >= 11 is 7.40. The Labute approximate surface area is 202 Å². The number of amides is 1. The summed E-state index contributed by atoms with van der Waals surface area (Å²) in [6, 6.07) is 21.5. The number of nitrogens with one attached hydrogen (secondary N) is 1. The maximum Gasteiger partial charge on any atom is 0.230 e. The number of rotatable bonds is 10. The second-order valence-corrected chi connectivity index (χ2v) is 8.97. The van der Waals surface area contributed by atoms with Gasteiger partial charge >= 0.3 is 0 Å². The molecule has 2 heterocycles. The van der Waals surface area contributed by atoms with Crippen molar-refractivity contribution in [3.8, 4) is 11.4 Å². The molecule has 4 rings (SSSR count). The molecule has 1 unspecified atom stereocenters. The van der Waals surface area contributed by atoms with Gasteiger partial charge in [0.1, 0.15) is 5.76 Å². The molecule has 2 aromatic heterocycles. The Morgan fingerprint density at radius 1 is 1.09 bits per heavy atom. The lowest BCUT2D eigenvalue weighted by molar-refractivity contribution is -0.118. The first-order valence-corrected chi connectivity index (χ1v) is 12.2. The quantitative estimate of drug-likeness (QED) is 0.297. The lowest BCUT2D eigenvalue weighted by Crippen LogP contribution is -2.29. The average Bonchev–Trinajstić information content (AvgIpc) is 3.50. The molecule has 0 aliphatic rings. The molecule has 0 bridgehead atoms. The van der Waals surface area contributed by atoms with E-state index in [1.165, 1.54) is 17.3 Å². The van der Waals surface area contributed by atoms with E-state index in [0.717, 1.165) is 17.7 Å². The predicted molar refractivity (Wildman–Crippen MR) is 131 cm³/mol. The highest BCUT2D eigenvalue weighted by Gasteiger charge is 2.18. The van der Waals surface area contributed by atoms with Crippen LogP contribution in [0, 0.1) is 0 Å². The minimum absolute atomic E-state index is 0.0324. The van der Waals surface area contributed by atoms with Crippen molar-refractivity contribution in [2.45, 2.75) is 31.0 Å². The number of thioether (sulfide) groups is 1. The van der Waals surface area contributed by atoms with Crippen molar-refractivity contribution in [1.29, 1.82) is 0 Å². The van der Waals surface area contributed by atoms with Gasteiger partial charge in [-0.3, -0.25) is 9.36 Å². The van der Waals surface area contributed by atoms with E-state index < -0.39 is 0 Å². The van der Waals surface area contributed by atoms with Gasteiger partial charge in [-0.15, -0.1) is 10.2 Å². The van der Waals surface area contributed by atoms with Gasteiger partial charge in [-0.1, -0.05) is 60.6 Å².